The standard InChI is InChI=1S/C15H30N2O/c1-4-6-9-14(5-2)12-16-13(3)15(18)17-10-7-8-11-17/h13-14,16H,4-12H2,1-3H3. The second-order valence-corrected chi connectivity index (χ2v) is 5.58. The molecule has 18 heavy (non-hydrogen) atoms. The number of carbonyl (C=O) groups excluding carboxylic acids is 1. The third-order valence-electron chi connectivity index (χ3n) is 4.04. The van der Waals surface area contributed by atoms with Crippen LogP contribution in [0.25, 0.3) is 0 Å². The zero-order valence-electron chi connectivity index (χ0n) is 12.4. The summed E-state index contributed by atoms with van der Waals surface area (Å²) in [5.41, 5.74) is 0. The van der Waals surface area contributed by atoms with Crippen molar-refractivity contribution in [2.24, 2.45) is 5.92 Å². The minimum Gasteiger partial charge on any atom is -0.341 e. The van der Waals surface area contributed by atoms with Gasteiger partial charge in [-0.25, -0.2) is 0 Å². The van der Waals surface area contributed by atoms with Crippen LogP contribution in [0.4, 0.5) is 0 Å². The monoisotopic (exact) mass is 254 g/mol. The summed E-state index contributed by atoms with van der Waals surface area (Å²) >= 11 is 0. The van der Waals surface area contributed by atoms with E-state index in [2.05, 4.69) is 19.2 Å². The first kappa shape index (κ1) is 15.5. The summed E-state index contributed by atoms with van der Waals surface area (Å²) in [4.78, 5) is 14.1. The molecule has 0 spiro atoms. The van der Waals surface area contributed by atoms with Crippen molar-refractivity contribution in [3.8, 4) is 0 Å². The quantitative estimate of drug-likeness (QED) is 0.722. The van der Waals surface area contributed by atoms with Crippen LogP contribution in [0.15, 0.2) is 0 Å². The normalized spacial score (nSPS) is 18.9. The fourth-order valence-corrected chi connectivity index (χ4v) is 2.59. The van der Waals surface area contributed by atoms with Gasteiger partial charge in [-0.15, -0.1) is 0 Å². The molecule has 1 heterocycles. The second kappa shape index (κ2) is 8.52. The Morgan fingerprint density at radius 3 is 2.50 bits per heavy atom. The van der Waals surface area contributed by atoms with Gasteiger partial charge in [-0.3, -0.25) is 4.79 Å². The van der Waals surface area contributed by atoms with Gasteiger partial charge in [-0.1, -0.05) is 33.1 Å². The second-order valence-electron chi connectivity index (χ2n) is 5.58. The van der Waals surface area contributed by atoms with E-state index >= 15 is 0 Å². The maximum Gasteiger partial charge on any atom is 0.239 e. The van der Waals surface area contributed by atoms with Crippen LogP contribution in [0.2, 0.25) is 0 Å². The molecule has 2 atom stereocenters. The van der Waals surface area contributed by atoms with Gasteiger partial charge < -0.3 is 10.2 Å². The maximum atomic E-state index is 12.1. The molecule has 1 aliphatic heterocycles. The van der Waals surface area contributed by atoms with Crippen LogP contribution < -0.4 is 5.32 Å². The van der Waals surface area contributed by atoms with Crippen LogP contribution >= 0.6 is 0 Å². The first-order valence-corrected chi connectivity index (χ1v) is 7.71. The predicted molar refractivity (Wildman–Crippen MR) is 76.6 cm³/mol. The van der Waals surface area contributed by atoms with Crippen LogP contribution in [-0.4, -0.2) is 36.5 Å². The molecule has 2 unspecified atom stereocenters. The molecule has 0 bridgehead atoms. The SMILES string of the molecule is CCCCC(CC)CNC(C)C(=O)N1CCCC1. The van der Waals surface area contributed by atoms with Gasteiger partial charge in [0.05, 0.1) is 6.04 Å². The molecular formula is C15H30N2O. The minimum atomic E-state index is -0.0150. The van der Waals surface area contributed by atoms with E-state index in [1.165, 1.54) is 38.5 Å². The average molecular weight is 254 g/mol. The summed E-state index contributed by atoms with van der Waals surface area (Å²) in [7, 11) is 0. The molecule has 0 aromatic rings. The van der Waals surface area contributed by atoms with Gasteiger partial charge in [0.15, 0.2) is 0 Å². The molecule has 0 aromatic heterocycles. The lowest BCUT2D eigenvalue weighted by Gasteiger charge is -2.23. The molecule has 1 aliphatic rings. The van der Waals surface area contributed by atoms with E-state index in [1.54, 1.807) is 0 Å². The largest absolute Gasteiger partial charge is 0.341 e. The van der Waals surface area contributed by atoms with E-state index in [4.69, 9.17) is 0 Å². The van der Waals surface area contributed by atoms with Gasteiger partial charge in [0.1, 0.15) is 0 Å². The number of nitrogens with zero attached hydrogens (tertiary/aromatic N) is 1. The third kappa shape index (κ3) is 4.97. The highest BCUT2D eigenvalue weighted by Gasteiger charge is 2.23. The third-order valence-corrected chi connectivity index (χ3v) is 4.04. The summed E-state index contributed by atoms with van der Waals surface area (Å²) in [6, 6.07) is -0.0150. The van der Waals surface area contributed by atoms with Crippen molar-refractivity contribution in [1.29, 1.82) is 0 Å². The molecule has 1 saturated heterocycles. The predicted octanol–water partition coefficient (Wildman–Crippen LogP) is 2.80. The number of unbranched alkanes of at least 4 members (excludes halogenated alkanes) is 1. The van der Waals surface area contributed by atoms with E-state index in [0.717, 1.165) is 25.6 Å². The van der Waals surface area contributed by atoms with Gasteiger partial charge in [0.2, 0.25) is 5.91 Å². The van der Waals surface area contributed by atoms with E-state index in [-0.39, 0.29) is 11.9 Å². The van der Waals surface area contributed by atoms with Crippen molar-refractivity contribution >= 4 is 5.91 Å². The van der Waals surface area contributed by atoms with E-state index < -0.39 is 0 Å². The summed E-state index contributed by atoms with van der Waals surface area (Å²) in [6.45, 7) is 9.38. The molecule has 0 aromatic carbocycles. The highest BCUT2D eigenvalue weighted by Crippen LogP contribution is 2.12. The molecule has 0 aliphatic carbocycles. The Bertz CT molecular complexity index is 237. The topological polar surface area (TPSA) is 32.3 Å². The lowest BCUT2D eigenvalue weighted by atomic mass is 9.99. The molecule has 106 valence electrons. The number of hydrogen-bond donors (Lipinski definition) is 1. The van der Waals surface area contributed by atoms with Crippen molar-refractivity contribution in [3.05, 3.63) is 0 Å². The van der Waals surface area contributed by atoms with Gasteiger partial charge in [0.25, 0.3) is 0 Å². The van der Waals surface area contributed by atoms with Gasteiger partial charge in [-0.2, -0.15) is 0 Å². The molecule has 0 radical (unpaired) electrons. The molecule has 1 rings (SSSR count). The molecule has 1 N–H and O–H groups in total. The maximum absolute atomic E-state index is 12.1. The lowest BCUT2D eigenvalue weighted by Crippen LogP contribution is -2.45. The highest BCUT2D eigenvalue weighted by atomic mass is 16.2. The van der Waals surface area contributed by atoms with Crippen molar-refractivity contribution in [3.63, 3.8) is 0 Å². The number of carbonyl (C=O) groups is 1. The summed E-state index contributed by atoms with van der Waals surface area (Å²) in [5.74, 6) is 1.01. The average Bonchev–Trinajstić information content (AvgIpc) is 2.91. The number of amides is 1. The molecule has 1 amide bonds. The minimum absolute atomic E-state index is 0.0150. The summed E-state index contributed by atoms with van der Waals surface area (Å²) in [6.07, 6.45) is 7.40. The van der Waals surface area contributed by atoms with E-state index in [0.29, 0.717) is 0 Å². The molecule has 3 heteroatoms. The van der Waals surface area contributed by atoms with Gasteiger partial charge >= 0.3 is 0 Å². The Hall–Kier alpha value is -0.570. The summed E-state index contributed by atoms with van der Waals surface area (Å²) < 4.78 is 0. The molecule has 1 fully saturated rings. The Balaban J connectivity index is 2.25. The number of likely N-dealkylation sites (tertiary alicyclic amines) is 1. The molecule has 3 nitrogen and oxygen atoms in total. The van der Waals surface area contributed by atoms with Crippen LogP contribution in [0.5, 0.6) is 0 Å². The Labute approximate surface area is 112 Å². The van der Waals surface area contributed by atoms with Crippen LogP contribution in [0.1, 0.15) is 59.3 Å². The Kier molecular flexibility index (Phi) is 7.33. The van der Waals surface area contributed by atoms with Gasteiger partial charge in [0, 0.05) is 13.1 Å². The molecular weight excluding hydrogens is 224 g/mol. The summed E-state index contributed by atoms with van der Waals surface area (Å²) in [5, 5.41) is 3.43. The van der Waals surface area contributed by atoms with Crippen LogP contribution in [0, 0.1) is 5.92 Å². The van der Waals surface area contributed by atoms with Crippen molar-refractivity contribution in [1.82, 2.24) is 10.2 Å². The molecule has 0 saturated carbocycles. The van der Waals surface area contributed by atoms with Crippen LogP contribution in [-0.2, 0) is 4.79 Å². The smallest absolute Gasteiger partial charge is 0.239 e. The number of nitrogens with one attached hydrogen (secondary N) is 1. The van der Waals surface area contributed by atoms with Crippen LogP contribution in [0.3, 0.4) is 0 Å². The van der Waals surface area contributed by atoms with Crippen molar-refractivity contribution in [2.75, 3.05) is 19.6 Å². The van der Waals surface area contributed by atoms with Gasteiger partial charge in [-0.05, 0) is 38.6 Å². The van der Waals surface area contributed by atoms with E-state index in [1.807, 2.05) is 11.8 Å². The van der Waals surface area contributed by atoms with Crippen molar-refractivity contribution < 1.29 is 4.79 Å². The Morgan fingerprint density at radius 2 is 1.94 bits per heavy atom. The highest BCUT2D eigenvalue weighted by molar-refractivity contribution is 5.81. The Morgan fingerprint density at radius 1 is 1.28 bits per heavy atom. The first-order chi connectivity index (χ1) is 8.69. The van der Waals surface area contributed by atoms with E-state index in [9.17, 15) is 4.79 Å². The fraction of sp³-hybridized carbons (Fsp3) is 0.933. The number of hydrogen-bond acceptors (Lipinski definition) is 2. The first-order valence-electron chi connectivity index (χ1n) is 7.71. The lowest BCUT2D eigenvalue weighted by molar-refractivity contribution is -0.132. The number of rotatable bonds is 8. The fourth-order valence-electron chi connectivity index (χ4n) is 2.59. The zero-order chi connectivity index (χ0) is 13.4. The van der Waals surface area contributed by atoms with Crippen molar-refractivity contribution in [2.45, 2.75) is 65.3 Å². The zero-order valence-corrected chi connectivity index (χ0v) is 12.4.